The number of likely N-dealkylation sites (N-methyl/N-ethyl adjacent to an activating group) is 1. The van der Waals surface area contributed by atoms with Crippen molar-refractivity contribution in [3.8, 4) is 0 Å². The molecule has 1 N–H and O–H groups in total. The van der Waals surface area contributed by atoms with E-state index in [0.717, 1.165) is 5.82 Å². The molecule has 94 valence electrons. The first kappa shape index (κ1) is 12.3. The second-order valence-electron chi connectivity index (χ2n) is 4.09. The highest BCUT2D eigenvalue weighted by Crippen LogP contribution is 2.06. The van der Waals surface area contributed by atoms with Gasteiger partial charge < -0.3 is 9.88 Å². The zero-order valence-corrected chi connectivity index (χ0v) is 10.1. The van der Waals surface area contributed by atoms with Gasteiger partial charge in [-0.1, -0.05) is 12.1 Å². The summed E-state index contributed by atoms with van der Waals surface area (Å²) in [4.78, 5) is 20.5. The largest absolute Gasteiger partial charge is 0.347 e. The van der Waals surface area contributed by atoms with E-state index in [1.54, 1.807) is 36.5 Å². The van der Waals surface area contributed by atoms with Crippen molar-refractivity contribution in [2.75, 3.05) is 7.05 Å². The fourth-order valence-electron chi connectivity index (χ4n) is 1.65. The average Bonchev–Trinajstić information content (AvgIpc) is 2.81. The van der Waals surface area contributed by atoms with Crippen LogP contribution in [-0.4, -0.2) is 27.8 Å². The number of amides is 1. The molecule has 0 unspecified atom stereocenters. The SMILES string of the molecule is CN(Cc1ncc[nH]1)C(=O)Cc1cccc(F)c1. The highest BCUT2D eigenvalue weighted by molar-refractivity contribution is 5.78. The van der Waals surface area contributed by atoms with Gasteiger partial charge in [0.2, 0.25) is 5.91 Å². The number of carbonyl (C=O) groups excluding carboxylic acids is 1. The summed E-state index contributed by atoms with van der Waals surface area (Å²) in [6, 6.07) is 6.07. The highest BCUT2D eigenvalue weighted by atomic mass is 19.1. The Bertz CT molecular complexity index is 525. The Balaban J connectivity index is 1.95. The Morgan fingerprint density at radius 3 is 3.00 bits per heavy atom. The molecule has 1 amide bonds. The molecule has 0 spiro atoms. The number of halogens is 1. The molecule has 0 saturated carbocycles. The Morgan fingerprint density at radius 1 is 1.50 bits per heavy atom. The van der Waals surface area contributed by atoms with Crippen molar-refractivity contribution < 1.29 is 9.18 Å². The molecule has 2 aromatic rings. The van der Waals surface area contributed by atoms with Crippen LogP contribution in [0.3, 0.4) is 0 Å². The number of aromatic amines is 1. The molecule has 1 aromatic carbocycles. The molecule has 0 aliphatic rings. The number of hydrogen-bond acceptors (Lipinski definition) is 2. The molecule has 0 aliphatic carbocycles. The zero-order chi connectivity index (χ0) is 13.0. The number of hydrogen-bond donors (Lipinski definition) is 1. The summed E-state index contributed by atoms with van der Waals surface area (Å²) in [5.41, 5.74) is 0.672. The van der Waals surface area contributed by atoms with Crippen LogP contribution in [0, 0.1) is 5.82 Å². The van der Waals surface area contributed by atoms with Crippen LogP contribution in [0.5, 0.6) is 0 Å². The number of aromatic nitrogens is 2. The van der Waals surface area contributed by atoms with Gasteiger partial charge in [-0.05, 0) is 17.7 Å². The number of rotatable bonds is 4. The van der Waals surface area contributed by atoms with Gasteiger partial charge in [0.05, 0.1) is 13.0 Å². The first-order valence-electron chi connectivity index (χ1n) is 5.62. The molecule has 0 radical (unpaired) electrons. The number of carbonyl (C=O) groups is 1. The summed E-state index contributed by atoms with van der Waals surface area (Å²) in [6.45, 7) is 0.418. The second kappa shape index (κ2) is 5.44. The summed E-state index contributed by atoms with van der Waals surface area (Å²) in [7, 11) is 1.70. The van der Waals surface area contributed by atoms with Crippen LogP contribution in [-0.2, 0) is 17.8 Å². The minimum Gasteiger partial charge on any atom is -0.347 e. The Hall–Kier alpha value is -2.17. The van der Waals surface area contributed by atoms with E-state index in [2.05, 4.69) is 9.97 Å². The van der Waals surface area contributed by atoms with Gasteiger partial charge in [-0.2, -0.15) is 0 Å². The van der Waals surface area contributed by atoms with Gasteiger partial charge in [-0.25, -0.2) is 9.37 Å². The normalized spacial score (nSPS) is 10.3. The summed E-state index contributed by atoms with van der Waals surface area (Å²) in [6.07, 6.45) is 3.54. The molecule has 0 bridgehead atoms. The third kappa shape index (κ3) is 3.16. The first-order chi connectivity index (χ1) is 8.65. The van der Waals surface area contributed by atoms with Crippen LogP contribution < -0.4 is 0 Å². The molecule has 18 heavy (non-hydrogen) atoms. The quantitative estimate of drug-likeness (QED) is 0.894. The minimum atomic E-state index is -0.325. The van der Waals surface area contributed by atoms with Gasteiger partial charge >= 0.3 is 0 Å². The van der Waals surface area contributed by atoms with E-state index in [-0.39, 0.29) is 18.1 Å². The number of H-pyrrole nitrogens is 1. The maximum Gasteiger partial charge on any atom is 0.227 e. The van der Waals surface area contributed by atoms with Gasteiger partial charge in [0.25, 0.3) is 0 Å². The fraction of sp³-hybridized carbons (Fsp3) is 0.231. The Morgan fingerprint density at radius 2 is 2.33 bits per heavy atom. The van der Waals surface area contributed by atoms with Crippen molar-refractivity contribution in [3.05, 3.63) is 53.9 Å². The predicted octanol–water partition coefficient (Wildman–Crippen LogP) is 1.75. The maximum atomic E-state index is 13.0. The summed E-state index contributed by atoms with van der Waals surface area (Å²) in [5, 5.41) is 0. The van der Waals surface area contributed by atoms with E-state index in [1.165, 1.54) is 12.1 Å². The van der Waals surface area contributed by atoms with E-state index >= 15 is 0 Å². The van der Waals surface area contributed by atoms with Gasteiger partial charge in [0.1, 0.15) is 11.6 Å². The molecule has 0 saturated heterocycles. The van der Waals surface area contributed by atoms with Crippen LogP contribution >= 0.6 is 0 Å². The van der Waals surface area contributed by atoms with Crippen LogP contribution in [0.25, 0.3) is 0 Å². The maximum absolute atomic E-state index is 13.0. The van der Waals surface area contributed by atoms with Gasteiger partial charge in [-0.15, -0.1) is 0 Å². The van der Waals surface area contributed by atoms with E-state index in [1.807, 2.05) is 0 Å². The van der Waals surface area contributed by atoms with E-state index < -0.39 is 0 Å². The predicted molar refractivity (Wildman–Crippen MR) is 65.2 cm³/mol. The molecule has 4 nitrogen and oxygen atoms in total. The summed E-state index contributed by atoms with van der Waals surface area (Å²) in [5.74, 6) is 0.330. The molecular formula is C13H14FN3O. The van der Waals surface area contributed by atoms with Crippen molar-refractivity contribution in [2.45, 2.75) is 13.0 Å². The standard InChI is InChI=1S/C13H14FN3O/c1-17(9-12-15-5-6-16-12)13(18)8-10-3-2-4-11(14)7-10/h2-7H,8-9H2,1H3,(H,15,16). The fourth-order valence-corrected chi connectivity index (χ4v) is 1.65. The number of benzene rings is 1. The van der Waals surface area contributed by atoms with Crippen molar-refractivity contribution in [3.63, 3.8) is 0 Å². The van der Waals surface area contributed by atoms with Crippen LogP contribution in [0.2, 0.25) is 0 Å². The van der Waals surface area contributed by atoms with Crippen molar-refractivity contribution in [2.24, 2.45) is 0 Å². The van der Waals surface area contributed by atoms with Gasteiger partial charge in [-0.3, -0.25) is 4.79 Å². The van der Waals surface area contributed by atoms with Crippen molar-refractivity contribution in [1.82, 2.24) is 14.9 Å². The molecule has 0 fully saturated rings. The van der Waals surface area contributed by atoms with Gasteiger partial charge in [0, 0.05) is 19.4 Å². The lowest BCUT2D eigenvalue weighted by Crippen LogP contribution is -2.28. The molecule has 2 rings (SSSR count). The Kier molecular flexibility index (Phi) is 3.72. The molecule has 1 aromatic heterocycles. The summed E-state index contributed by atoms with van der Waals surface area (Å²) < 4.78 is 13.0. The molecule has 5 heteroatoms. The third-order valence-electron chi connectivity index (χ3n) is 2.61. The van der Waals surface area contributed by atoms with Crippen molar-refractivity contribution >= 4 is 5.91 Å². The highest BCUT2D eigenvalue weighted by Gasteiger charge is 2.11. The topological polar surface area (TPSA) is 49.0 Å². The van der Waals surface area contributed by atoms with E-state index in [4.69, 9.17) is 0 Å². The number of nitrogens with one attached hydrogen (secondary N) is 1. The number of nitrogens with zero attached hydrogens (tertiary/aromatic N) is 2. The second-order valence-corrected chi connectivity index (χ2v) is 4.09. The van der Waals surface area contributed by atoms with E-state index in [0.29, 0.717) is 12.1 Å². The smallest absolute Gasteiger partial charge is 0.227 e. The van der Waals surface area contributed by atoms with Gasteiger partial charge in [0.15, 0.2) is 0 Å². The monoisotopic (exact) mass is 247 g/mol. The average molecular weight is 247 g/mol. The van der Waals surface area contributed by atoms with E-state index in [9.17, 15) is 9.18 Å². The Labute approximate surface area is 104 Å². The molecule has 0 aliphatic heterocycles. The van der Waals surface area contributed by atoms with Crippen LogP contribution in [0.1, 0.15) is 11.4 Å². The molecule has 1 heterocycles. The zero-order valence-electron chi connectivity index (χ0n) is 10.1. The lowest BCUT2D eigenvalue weighted by Gasteiger charge is -2.15. The molecule has 0 atom stereocenters. The van der Waals surface area contributed by atoms with Crippen LogP contribution in [0.15, 0.2) is 36.7 Å². The lowest BCUT2D eigenvalue weighted by molar-refractivity contribution is -0.129. The first-order valence-corrected chi connectivity index (χ1v) is 5.62. The minimum absolute atomic E-state index is 0.0722. The third-order valence-corrected chi connectivity index (χ3v) is 2.61. The molecular weight excluding hydrogens is 233 g/mol. The lowest BCUT2D eigenvalue weighted by atomic mass is 10.1. The van der Waals surface area contributed by atoms with Crippen LogP contribution in [0.4, 0.5) is 4.39 Å². The number of imidazole rings is 1. The van der Waals surface area contributed by atoms with Crippen molar-refractivity contribution in [1.29, 1.82) is 0 Å². The summed E-state index contributed by atoms with van der Waals surface area (Å²) >= 11 is 0.